The molecule has 0 radical (unpaired) electrons. The van der Waals surface area contributed by atoms with Gasteiger partial charge < -0.3 is 5.73 Å². The lowest BCUT2D eigenvalue weighted by molar-refractivity contribution is 1.000. The third kappa shape index (κ3) is 3.89. The molecule has 0 aromatic rings. The van der Waals surface area contributed by atoms with E-state index in [0.717, 1.165) is 13.0 Å². The van der Waals surface area contributed by atoms with Gasteiger partial charge in [0.2, 0.25) is 0 Å². The summed E-state index contributed by atoms with van der Waals surface area (Å²) in [6.45, 7) is 4.47. The van der Waals surface area contributed by atoms with Crippen molar-refractivity contribution in [3.05, 3.63) is 11.5 Å². The number of hydrogen-bond donors (Lipinski definition) is 1. The third-order valence-electron chi connectivity index (χ3n) is 0.712. The maximum absolute atomic E-state index is 5.23. The van der Waals surface area contributed by atoms with Crippen molar-refractivity contribution in [1.82, 2.24) is 0 Å². The molecule has 0 saturated heterocycles. The summed E-state index contributed by atoms with van der Waals surface area (Å²) in [6.07, 6.45) is 2.96. The van der Waals surface area contributed by atoms with Gasteiger partial charge in [-0.3, -0.25) is 0 Å². The first-order valence-electron chi connectivity index (χ1n) is 2.23. The van der Waals surface area contributed by atoms with E-state index in [4.69, 9.17) is 5.73 Å². The van der Waals surface area contributed by atoms with E-state index in [-0.39, 0.29) is 0 Å². The largest absolute Gasteiger partial charge is 0.330 e. The molecule has 0 amide bonds. The molecule has 0 aliphatic rings. The second-order valence-corrected chi connectivity index (χ2v) is 2.27. The summed E-state index contributed by atoms with van der Waals surface area (Å²) in [6, 6.07) is 0. The highest BCUT2D eigenvalue weighted by Gasteiger charge is 1.84. The molecule has 0 bridgehead atoms. The highest BCUT2D eigenvalue weighted by atomic mass is 32.2. The van der Waals surface area contributed by atoms with E-state index in [2.05, 4.69) is 6.58 Å². The van der Waals surface area contributed by atoms with E-state index in [1.54, 1.807) is 11.8 Å². The van der Waals surface area contributed by atoms with Crippen molar-refractivity contribution in [2.75, 3.05) is 12.8 Å². The van der Waals surface area contributed by atoms with Gasteiger partial charge in [-0.05, 0) is 24.1 Å². The normalized spacial score (nSPS) is 8.86. The van der Waals surface area contributed by atoms with Crippen LogP contribution in [0.5, 0.6) is 0 Å². The van der Waals surface area contributed by atoms with Crippen molar-refractivity contribution >= 4 is 11.8 Å². The first kappa shape index (κ1) is 7.05. The standard InChI is InChI=1S/C5H11NS/c1-5(7-2)3-4-6/h1,3-4,6H2,2H3. The number of thioether (sulfide) groups is 1. The van der Waals surface area contributed by atoms with E-state index in [1.807, 2.05) is 6.26 Å². The van der Waals surface area contributed by atoms with Crippen LogP contribution in [0.15, 0.2) is 11.5 Å². The monoisotopic (exact) mass is 117 g/mol. The Bertz CT molecular complexity index is 61.1. The molecule has 0 saturated carbocycles. The Balaban J connectivity index is 3.00. The van der Waals surface area contributed by atoms with Crippen LogP contribution in [-0.4, -0.2) is 12.8 Å². The average Bonchev–Trinajstić information content (AvgIpc) is 1.68. The summed E-state index contributed by atoms with van der Waals surface area (Å²) < 4.78 is 0. The van der Waals surface area contributed by atoms with Crippen LogP contribution >= 0.6 is 11.8 Å². The van der Waals surface area contributed by atoms with E-state index in [0.29, 0.717) is 0 Å². The summed E-state index contributed by atoms with van der Waals surface area (Å²) >= 11 is 1.67. The highest BCUT2D eigenvalue weighted by Crippen LogP contribution is 2.10. The van der Waals surface area contributed by atoms with Crippen LogP contribution in [-0.2, 0) is 0 Å². The van der Waals surface area contributed by atoms with E-state index in [9.17, 15) is 0 Å². The maximum atomic E-state index is 5.23. The van der Waals surface area contributed by atoms with Crippen LogP contribution < -0.4 is 5.73 Å². The van der Waals surface area contributed by atoms with Crippen molar-refractivity contribution < 1.29 is 0 Å². The second kappa shape index (κ2) is 4.22. The Kier molecular flexibility index (Phi) is 4.25. The molecule has 7 heavy (non-hydrogen) atoms. The lowest BCUT2D eigenvalue weighted by Gasteiger charge is -1.93. The Morgan fingerprint density at radius 3 is 2.57 bits per heavy atom. The van der Waals surface area contributed by atoms with Crippen molar-refractivity contribution in [2.24, 2.45) is 5.73 Å². The molecule has 0 aliphatic carbocycles. The van der Waals surface area contributed by atoms with Crippen molar-refractivity contribution in [3.8, 4) is 0 Å². The van der Waals surface area contributed by atoms with Gasteiger partial charge in [0.15, 0.2) is 0 Å². The van der Waals surface area contributed by atoms with E-state index in [1.165, 1.54) is 4.91 Å². The predicted molar refractivity (Wildman–Crippen MR) is 36.3 cm³/mol. The molecule has 2 N–H and O–H groups in total. The molecule has 0 rings (SSSR count). The predicted octanol–water partition coefficient (Wildman–Crippen LogP) is 1.21. The lowest BCUT2D eigenvalue weighted by Crippen LogP contribution is -1.97. The highest BCUT2D eigenvalue weighted by molar-refractivity contribution is 8.02. The van der Waals surface area contributed by atoms with Gasteiger partial charge in [0.1, 0.15) is 0 Å². The van der Waals surface area contributed by atoms with Gasteiger partial charge in [0.05, 0.1) is 0 Å². The van der Waals surface area contributed by atoms with Gasteiger partial charge in [0, 0.05) is 0 Å². The fourth-order valence-corrected chi connectivity index (χ4v) is 0.585. The first-order chi connectivity index (χ1) is 3.31. The zero-order valence-corrected chi connectivity index (χ0v) is 5.42. The van der Waals surface area contributed by atoms with Crippen molar-refractivity contribution in [1.29, 1.82) is 0 Å². The number of rotatable bonds is 3. The van der Waals surface area contributed by atoms with Crippen molar-refractivity contribution in [2.45, 2.75) is 6.42 Å². The molecule has 0 aromatic carbocycles. The molecular weight excluding hydrogens is 106 g/mol. The summed E-state index contributed by atoms with van der Waals surface area (Å²) in [4.78, 5) is 1.17. The Morgan fingerprint density at radius 2 is 2.43 bits per heavy atom. The van der Waals surface area contributed by atoms with Crippen LogP contribution in [0.25, 0.3) is 0 Å². The molecular formula is C5H11NS. The minimum absolute atomic E-state index is 0.722. The molecule has 0 spiro atoms. The molecule has 0 heterocycles. The van der Waals surface area contributed by atoms with Gasteiger partial charge in [-0.15, -0.1) is 11.8 Å². The molecule has 42 valence electrons. The van der Waals surface area contributed by atoms with E-state index >= 15 is 0 Å². The SMILES string of the molecule is C=C(CCN)SC. The average molecular weight is 117 g/mol. The quantitative estimate of drug-likeness (QED) is 0.601. The zero-order valence-electron chi connectivity index (χ0n) is 4.61. The molecule has 1 nitrogen and oxygen atoms in total. The van der Waals surface area contributed by atoms with Crippen LogP contribution in [0, 0.1) is 0 Å². The number of nitrogens with two attached hydrogens (primary N) is 1. The van der Waals surface area contributed by atoms with E-state index < -0.39 is 0 Å². The first-order valence-corrected chi connectivity index (χ1v) is 3.45. The minimum atomic E-state index is 0.722. The van der Waals surface area contributed by atoms with Crippen LogP contribution in [0.3, 0.4) is 0 Å². The topological polar surface area (TPSA) is 26.0 Å². The van der Waals surface area contributed by atoms with Gasteiger partial charge >= 0.3 is 0 Å². The van der Waals surface area contributed by atoms with Crippen LogP contribution in [0.2, 0.25) is 0 Å². The summed E-state index contributed by atoms with van der Waals surface area (Å²) in [7, 11) is 0. The lowest BCUT2D eigenvalue weighted by atomic mass is 10.4. The minimum Gasteiger partial charge on any atom is -0.330 e. The fraction of sp³-hybridized carbons (Fsp3) is 0.600. The van der Waals surface area contributed by atoms with Crippen LogP contribution in [0.4, 0.5) is 0 Å². The summed E-state index contributed by atoms with van der Waals surface area (Å²) in [5.41, 5.74) is 5.23. The molecule has 0 aromatic heterocycles. The molecule has 0 unspecified atom stereocenters. The molecule has 2 heteroatoms. The van der Waals surface area contributed by atoms with Crippen molar-refractivity contribution in [3.63, 3.8) is 0 Å². The second-order valence-electron chi connectivity index (χ2n) is 1.28. The molecule has 0 atom stereocenters. The molecule has 0 aliphatic heterocycles. The van der Waals surface area contributed by atoms with Gasteiger partial charge in [-0.2, -0.15) is 0 Å². The summed E-state index contributed by atoms with van der Waals surface area (Å²) in [5.74, 6) is 0. The number of hydrogen-bond acceptors (Lipinski definition) is 2. The summed E-state index contributed by atoms with van der Waals surface area (Å²) in [5, 5.41) is 0. The maximum Gasteiger partial charge on any atom is -0.00319 e. The Morgan fingerprint density at radius 1 is 1.86 bits per heavy atom. The Labute approximate surface area is 49.0 Å². The third-order valence-corrected chi connectivity index (χ3v) is 1.49. The van der Waals surface area contributed by atoms with Gasteiger partial charge in [-0.25, -0.2) is 0 Å². The van der Waals surface area contributed by atoms with Gasteiger partial charge in [0.25, 0.3) is 0 Å². The zero-order chi connectivity index (χ0) is 5.70. The molecule has 0 fully saturated rings. The smallest absolute Gasteiger partial charge is 0.00319 e. The van der Waals surface area contributed by atoms with Gasteiger partial charge in [-0.1, -0.05) is 6.58 Å². The van der Waals surface area contributed by atoms with Crippen LogP contribution in [0.1, 0.15) is 6.42 Å². The fourth-order valence-electron chi connectivity index (χ4n) is 0.263. The Hall–Kier alpha value is 0.0500.